The average molecular weight is 407 g/mol. The smallest absolute Gasteiger partial charge is 0.292 e. The molecule has 0 aliphatic carbocycles. The maximum absolute atomic E-state index is 12.7. The van der Waals surface area contributed by atoms with Crippen molar-refractivity contribution in [2.24, 2.45) is 0 Å². The van der Waals surface area contributed by atoms with Crippen LogP contribution in [0.4, 0.5) is 24.5 Å². The largest absolute Gasteiger partial charge is 0.416 e. The van der Waals surface area contributed by atoms with Gasteiger partial charge in [0.05, 0.1) is 27.7 Å². The van der Waals surface area contributed by atoms with E-state index in [-0.39, 0.29) is 5.69 Å². The number of carbonyl (C=O) groups is 1. The zero-order valence-electron chi connectivity index (χ0n) is 14.4. The molecule has 0 saturated heterocycles. The van der Waals surface area contributed by atoms with Gasteiger partial charge in [0.2, 0.25) is 0 Å². The van der Waals surface area contributed by atoms with Crippen LogP contribution < -0.4 is 16.4 Å². The number of hydrazine groups is 1. The number of hydrogen-bond acceptors (Lipinski definition) is 6. The summed E-state index contributed by atoms with van der Waals surface area (Å²) in [4.78, 5) is 38.5. The molecule has 0 aliphatic rings. The molecule has 2 N–H and O–H groups in total. The fourth-order valence-electron chi connectivity index (χ4n) is 2.51. The molecule has 12 heteroatoms. The quantitative estimate of drug-likeness (QED) is 0.495. The van der Waals surface area contributed by atoms with Crippen LogP contribution in [0.25, 0.3) is 10.9 Å². The molecule has 0 atom stereocenters. The Bertz CT molecular complexity index is 1160. The number of aromatic nitrogens is 2. The molecule has 150 valence electrons. The Labute approximate surface area is 159 Å². The van der Waals surface area contributed by atoms with Crippen LogP contribution in [0.1, 0.15) is 5.56 Å². The third-order valence-electron chi connectivity index (χ3n) is 3.90. The van der Waals surface area contributed by atoms with Crippen molar-refractivity contribution in [3.05, 3.63) is 74.8 Å². The average Bonchev–Trinajstić information content (AvgIpc) is 2.68. The number of nitrogens with zero attached hydrogens (tertiary/aromatic N) is 3. The van der Waals surface area contributed by atoms with Gasteiger partial charge in [-0.2, -0.15) is 13.2 Å². The molecule has 0 bridgehead atoms. The molecule has 3 rings (SSSR count). The van der Waals surface area contributed by atoms with Crippen LogP contribution in [0.15, 0.2) is 53.6 Å². The molecular weight excluding hydrogens is 395 g/mol. The first kappa shape index (κ1) is 19.8. The summed E-state index contributed by atoms with van der Waals surface area (Å²) in [6, 6.07) is 8.33. The van der Waals surface area contributed by atoms with E-state index in [0.717, 1.165) is 10.6 Å². The van der Waals surface area contributed by atoms with E-state index in [1.54, 1.807) is 24.3 Å². The zero-order valence-corrected chi connectivity index (χ0v) is 14.4. The van der Waals surface area contributed by atoms with Gasteiger partial charge in [-0.05, 0) is 24.3 Å². The highest BCUT2D eigenvalue weighted by molar-refractivity contribution is 5.80. The molecule has 3 aromatic rings. The van der Waals surface area contributed by atoms with Crippen LogP contribution in [0.2, 0.25) is 0 Å². The number of nitrogens with one attached hydrogen (secondary N) is 2. The predicted octanol–water partition coefficient (Wildman–Crippen LogP) is 2.47. The number of hydrogen-bond donors (Lipinski definition) is 2. The fourth-order valence-corrected chi connectivity index (χ4v) is 2.51. The Hall–Kier alpha value is -3.96. The van der Waals surface area contributed by atoms with Crippen LogP contribution in [0.3, 0.4) is 0 Å². The van der Waals surface area contributed by atoms with Crippen LogP contribution in [-0.4, -0.2) is 20.4 Å². The summed E-state index contributed by atoms with van der Waals surface area (Å²) in [5, 5.41) is 11.3. The van der Waals surface area contributed by atoms with Gasteiger partial charge >= 0.3 is 6.18 Å². The van der Waals surface area contributed by atoms with Crippen LogP contribution in [-0.2, 0) is 17.5 Å². The number of para-hydroxylation sites is 1. The van der Waals surface area contributed by atoms with Crippen molar-refractivity contribution in [2.45, 2.75) is 12.7 Å². The maximum atomic E-state index is 12.7. The number of amides is 1. The third kappa shape index (κ3) is 4.31. The summed E-state index contributed by atoms with van der Waals surface area (Å²) >= 11 is 0. The van der Waals surface area contributed by atoms with Gasteiger partial charge in [-0.15, -0.1) is 0 Å². The summed E-state index contributed by atoms with van der Waals surface area (Å²) in [7, 11) is 0. The van der Waals surface area contributed by atoms with E-state index >= 15 is 0 Å². The SMILES string of the molecule is O=C(Cn1cnc2ccccc2c1=O)NNc1ccc(C(F)(F)F)cc1[N+](=O)[O-]. The lowest BCUT2D eigenvalue weighted by Crippen LogP contribution is -2.35. The number of halogens is 3. The standard InChI is InChI=1S/C17H12F3N5O4/c18-17(19,20)10-5-6-13(14(7-10)25(28)29)22-23-15(26)8-24-9-21-12-4-2-1-3-11(12)16(24)27/h1-7,9,22H,8H2,(H,23,26). The number of alkyl halides is 3. The van der Waals surface area contributed by atoms with Gasteiger partial charge < -0.3 is 0 Å². The molecule has 29 heavy (non-hydrogen) atoms. The van der Waals surface area contributed by atoms with E-state index in [2.05, 4.69) is 15.8 Å². The summed E-state index contributed by atoms with van der Waals surface area (Å²) in [5.74, 6) is -0.765. The second-order valence-corrected chi connectivity index (χ2v) is 5.85. The molecule has 0 fully saturated rings. The lowest BCUT2D eigenvalue weighted by molar-refractivity contribution is -0.384. The Morgan fingerprint density at radius 2 is 1.93 bits per heavy atom. The number of fused-ring (bicyclic) bond motifs is 1. The van der Waals surface area contributed by atoms with E-state index in [9.17, 15) is 32.9 Å². The van der Waals surface area contributed by atoms with Gasteiger partial charge in [-0.1, -0.05) is 12.1 Å². The minimum absolute atomic E-state index is 0.300. The number of anilines is 1. The van der Waals surface area contributed by atoms with Crippen LogP contribution in [0.5, 0.6) is 0 Å². The molecule has 1 aromatic heterocycles. The highest BCUT2D eigenvalue weighted by Crippen LogP contribution is 2.34. The minimum atomic E-state index is -4.75. The first-order chi connectivity index (χ1) is 13.7. The van der Waals surface area contributed by atoms with Gasteiger partial charge in [0.15, 0.2) is 0 Å². The number of carbonyl (C=O) groups excluding carboxylic acids is 1. The Balaban J connectivity index is 1.75. The van der Waals surface area contributed by atoms with Gasteiger partial charge in [-0.25, -0.2) is 4.98 Å². The third-order valence-corrected chi connectivity index (χ3v) is 3.90. The second-order valence-electron chi connectivity index (χ2n) is 5.85. The number of nitro benzene ring substituents is 1. The van der Waals surface area contributed by atoms with Crippen LogP contribution >= 0.6 is 0 Å². The maximum Gasteiger partial charge on any atom is 0.416 e. The molecule has 9 nitrogen and oxygen atoms in total. The van der Waals surface area contributed by atoms with E-state index < -0.39 is 40.4 Å². The number of rotatable bonds is 5. The van der Waals surface area contributed by atoms with Crippen molar-refractivity contribution in [1.29, 1.82) is 0 Å². The number of benzene rings is 2. The first-order valence-corrected chi connectivity index (χ1v) is 8.01. The Morgan fingerprint density at radius 3 is 2.62 bits per heavy atom. The highest BCUT2D eigenvalue weighted by Gasteiger charge is 2.33. The van der Waals surface area contributed by atoms with Crippen molar-refractivity contribution < 1.29 is 22.9 Å². The molecule has 0 radical (unpaired) electrons. The van der Waals surface area contributed by atoms with E-state index in [1.807, 2.05) is 0 Å². The van der Waals surface area contributed by atoms with Gasteiger partial charge in [0, 0.05) is 6.07 Å². The van der Waals surface area contributed by atoms with Gasteiger partial charge in [0.25, 0.3) is 17.2 Å². The fraction of sp³-hybridized carbons (Fsp3) is 0.118. The summed E-state index contributed by atoms with van der Waals surface area (Å²) in [6.45, 7) is -0.460. The molecular formula is C17H12F3N5O4. The van der Waals surface area contributed by atoms with Crippen molar-refractivity contribution in [1.82, 2.24) is 15.0 Å². The van der Waals surface area contributed by atoms with Crippen molar-refractivity contribution in [3.63, 3.8) is 0 Å². The summed E-state index contributed by atoms with van der Waals surface area (Å²) in [6.07, 6.45) is -3.58. The number of nitro groups is 1. The van der Waals surface area contributed by atoms with Crippen molar-refractivity contribution >= 4 is 28.2 Å². The van der Waals surface area contributed by atoms with Gasteiger partial charge in [-0.3, -0.25) is 35.1 Å². The van der Waals surface area contributed by atoms with E-state index in [1.165, 1.54) is 6.33 Å². The van der Waals surface area contributed by atoms with Crippen molar-refractivity contribution in [3.8, 4) is 0 Å². The monoisotopic (exact) mass is 407 g/mol. The van der Waals surface area contributed by atoms with E-state index in [4.69, 9.17) is 0 Å². The predicted molar refractivity (Wildman–Crippen MR) is 95.9 cm³/mol. The summed E-state index contributed by atoms with van der Waals surface area (Å²) in [5.41, 5.74) is 1.89. The Morgan fingerprint density at radius 1 is 1.21 bits per heavy atom. The lowest BCUT2D eigenvalue weighted by atomic mass is 10.1. The van der Waals surface area contributed by atoms with Crippen molar-refractivity contribution in [2.75, 3.05) is 5.43 Å². The molecule has 2 aromatic carbocycles. The second kappa shape index (κ2) is 7.58. The highest BCUT2D eigenvalue weighted by atomic mass is 19.4. The normalized spacial score (nSPS) is 11.3. The minimum Gasteiger partial charge on any atom is -0.292 e. The topological polar surface area (TPSA) is 119 Å². The zero-order chi connectivity index (χ0) is 21.2. The molecule has 0 unspecified atom stereocenters. The molecule has 0 saturated carbocycles. The molecule has 0 spiro atoms. The molecule has 0 aliphatic heterocycles. The van der Waals surface area contributed by atoms with Gasteiger partial charge in [0.1, 0.15) is 12.2 Å². The Kier molecular flexibility index (Phi) is 5.17. The molecule has 1 amide bonds. The molecule has 1 heterocycles. The summed E-state index contributed by atoms with van der Waals surface area (Å²) < 4.78 is 39.2. The van der Waals surface area contributed by atoms with Crippen LogP contribution in [0, 0.1) is 10.1 Å². The van der Waals surface area contributed by atoms with E-state index in [0.29, 0.717) is 23.0 Å². The lowest BCUT2D eigenvalue weighted by Gasteiger charge is -2.12. The first-order valence-electron chi connectivity index (χ1n) is 8.01.